The molecule has 2 atom stereocenters. The van der Waals surface area contributed by atoms with E-state index in [-0.39, 0.29) is 28.3 Å². The monoisotopic (exact) mass is 523 g/mol. The number of aromatic nitrogens is 3. The summed E-state index contributed by atoms with van der Waals surface area (Å²) in [6.45, 7) is 0.410. The summed E-state index contributed by atoms with van der Waals surface area (Å²) < 4.78 is 17.1. The minimum atomic E-state index is -0.517. The van der Waals surface area contributed by atoms with E-state index in [1.807, 2.05) is 59.2 Å². The Bertz CT molecular complexity index is 1760. The largest absolute Gasteiger partial charge is 0.367 e. The van der Waals surface area contributed by atoms with Gasteiger partial charge in [0, 0.05) is 24.8 Å². The molecule has 1 aliphatic carbocycles. The number of nitrogens with zero attached hydrogens (tertiary/aromatic N) is 4. The molecular formula is C30H30FN7O. The average molecular weight is 524 g/mol. The number of para-hydroxylation sites is 1. The van der Waals surface area contributed by atoms with Crippen LogP contribution >= 0.6 is 0 Å². The molecule has 6 rings (SSSR count). The average Bonchev–Trinajstić information content (AvgIpc) is 3.36. The highest BCUT2D eigenvalue weighted by atomic mass is 19.1. The Balaban J connectivity index is 1.40. The molecule has 198 valence electrons. The molecule has 2 aliphatic rings. The molecule has 1 saturated carbocycles. The van der Waals surface area contributed by atoms with E-state index >= 15 is 0 Å². The number of halogens is 1. The predicted octanol–water partition coefficient (Wildman–Crippen LogP) is 2.95. The number of nitrogens with one attached hydrogen (secondary N) is 3. The summed E-state index contributed by atoms with van der Waals surface area (Å²) >= 11 is 0. The van der Waals surface area contributed by atoms with E-state index in [1.54, 1.807) is 23.7 Å². The van der Waals surface area contributed by atoms with Gasteiger partial charge >= 0.3 is 0 Å². The highest BCUT2D eigenvalue weighted by Gasteiger charge is 2.33. The molecule has 2 aromatic heterocycles. The molecule has 2 aromatic carbocycles. The lowest BCUT2D eigenvalue weighted by atomic mass is 9.91. The zero-order valence-electron chi connectivity index (χ0n) is 21.7. The minimum absolute atomic E-state index is 0.105. The van der Waals surface area contributed by atoms with Gasteiger partial charge in [0.25, 0.3) is 5.56 Å². The van der Waals surface area contributed by atoms with E-state index < -0.39 is 5.95 Å². The van der Waals surface area contributed by atoms with Crippen LogP contribution in [0.2, 0.25) is 0 Å². The van der Waals surface area contributed by atoms with Crippen LogP contribution in [0.15, 0.2) is 82.6 Å². The number of hydrogen-bond donors (Lipinski definition) is 3. The third-order valence-corrected chi connectivity index (χ3v) is 7.55. The van der Waals surface area contributed by atoms with Crippen LogP contribution in [-0.2, 0) is 13.6 Å². The quantitative estimate of drug-likeness (QED) is 0.339. The van der Waals surface area contributed by atoms with Crippen LogP contribution in [0.25, 0.3) is 17.1 Å². The van der Waals surface area contributed by atoms with Crippen molar-refractivity contribution in [3.63, 3.8) is 0 Å². The van der Waals surface area contributed by atoms with Crippen LogP contribution in [0.4, 0.5) is 10.1 Å². The van der Waals surface area contributed by atoms with E-state index in [4.69, 9.17) is 10.4 Å². The maximum atomic E-state index is 13.7. The molecule has 0 bridgehead atoms. The summed E-state index contributed by atoms with van der Waals surface area (Å²) in [4.78, 5) is 22.5. The van der Waals surface area contributed by atoms with Gasteiger partial charge in [0.05, 0.1) is 17.8 Å². The van der Waals surface area contributed by atoms with Gasteiger partial charge in [-0.25, -0.2) is 9.98 Å². The first-order valence-corrected chi connectivity index (χ1v) is 13.3. The van der Waals surface area contributed by atoms with Crippen molar-refractivity contribution in [3.05, 3.63) is 111 Å². The Kier molecular flexibility index (Phi) is 6.56. The standard InChI is InChI=1S/C30H30FN7O/c1-37-29(39)26(27(32)38-24-12-6-5-10-23(24)36-30(37)38)28(34-21-8-3-2-4-9-21)33-18-19-14-16-20(17-15-19)22-11-7-13-25(31)35-22/h2-4,7-9,11,13-17,23-24,32-34H,5-6,10,12,18H2,1H3/b28-26-,32-27?/t23-,24+/m1/s1. The summed E-state index contributed by atoms with van der Waals surface area (Å²) in [6, 6.07) is 22.2. The summed E-state index contributed by atoms with van der Waals surface area (Å²) in [5, 5.41) is 16.2. The summed E-state index contributed by atoms with van der Waals surface area (Å²) in [6.07, 6.45) is 4.15. The van der Waals surface area contributed by atoms with Gasteiger partial charge in [-0.2, -0.15) is 4.39 Å². The van der Waals surface area contributed by atoms with Crippen molar-refractivity contribution in [2.75, 3.05) is 5.32 Å². The lowest BCUT2D eigenvalue weighted by molar-refractivity contribution is 0.321. The van der Waals surface area contributed by atoms with E-state index in [2.05, 4.69) is 15.6 Å². The van der Waals surface area contributed by atoms with Crippen molar-refractivity contribution in [1.29, 1.82) is 5.41 Å². The van der Waals surface area contributed by atoms with Gasteiger partial charge in [-0.15, -0.1) is 0 Å². The normalized spacial score (nSPS) is 18.5. The molecule has 0 saturated heterocycles. The van der Waals surface area contributed by atoms with Crippen LogP contribution in [0, 0.1) is 11.4 Å². The van der Waals surface area contributed by atoms with Crippen LogP contribution < -0.4 is 32.5 Å². The van der Waals surface area contributed by atoms with Crippen LogP contribution in [0.3, 0.4) is 0 Å². The fourth-order valence-electron chi connectivity index (χ4n) is 5.54. The highest BCUT2D eigenvalue weighted by molar-refractivity contribution is 5.63. The molecule has 3 heterocycles. The molecule has 0 amide bonds. The second kappa shape index (κ2) is 10.3. The van der Waals surface area contributed by atoms with Gasteiger partial charge in [0.15, 0.2) is 0 Å². The number of rotatable bonds is 6. The molecule has 9 heteroatoms. The zero-order chi connectivity index (χ0) is 26.9. The summed E-state index contributed by atoms with van der Waals surface area (Å²) in [7, 11) is 1.73. The SMILES string of the molecule is Cn1c(=O)/c(=C(/NCc2ccc(-c3cccc(F)n3)cc2)Nc2ccccc2)c(=N)n2c1=N[C@@H]1CCCC[C@@H]12. The van der Waals surface area contributed by atoms with Crippen LogP contribution in [0.5, 0.6) is 0 Å². The molecule has 4 aromatic rings. The zero-order valence-corrected chi connectivity index (χ0v) is 21.7. The van der Waals surface area contributed by atoms with Gasteiger partial charge in [-0.3, -0.25) is 19.3 Å². The second-order valence-corrected chi connectivity index (χ2v) is 10.1. The van der Waals surface area contributed by atoms with E-state index in [1.165, 1.54) is 6.07 Å². The van der Waals surface area contributed by atoms with Crippen molar-refractivity contribution >= 4 is 11.5 Å². The maximum absolute atomic E-state index is 13.7. The minimum Gasteiger partial charge on any atom is -0.367 e. The Morgan fingerprint density at radius 1 is 1.03 bits per heavy atom. The first-order chi connectivity index (χ1) is 19.0. The molecule has 39 heavy (non-hydrogen) atoms. The molecule has 8 nitrogen and oxygen atoms in total. The van der Waals surface area contributed by atoms with E-state index in [0.29, 0.717) is 23.7 Å². The third kappa shape index (κ3) is 4.76. The van der Waals surface area contributed by atoms with Crippen molar-refractivity contribution < 1.29 is 4.39 Å². The number of hydrogen-bond acceptors (Lipinski definition) is 6. The van der Waals surface area contributed by atoms with E-state index in [9.17, 15) is 9.18 Å². The Labute approximate surface area is 224 Å². The first kappa shape index (κ1) is 24.8. The Morgan fingerprint density at radius 2 is 1.79 bits per heavy atom. The molecule has 1 aliphatic heterocycles. The number of pyridine rings is 1. The summed E-state index contributed by atoms with van der Waals surface area (Å²) in [5.74, 6) is -0.0472. The van der Waals surface area contributed by atoms with Crippen LogP contribution in [0.1, 0.15) is 37.3 Å². The Morgan fingerprint density at radius 3 is 2.56 bits per heavy atom. The lowest BCUT2D eigenvalue weighted by Gasteiger charge is -2.25. The second-order valence-electron chi connectivity index (χ2n) is 10.1. The molecule has 0 unspecified atom stereocenters. The van der Waals surface area contributed by atoms with Crippen molar-refractivity contribution in [3.8, 4) is 11.3 Å². The molecule has 0 spiro atoms. The van der Waals surface area contributed by atoms with Gasteiger partial charge in [0.1, 0.15) is 16.5 Å². The third-order valence-electron chi connectivity index (χ3n) is 7.55. The topological polar surface area (TPSA) is 100 Å². The first-order valence-electron chi connectivity index (χ1n) is 13.3. The van der Waals surface area contributed by atoms with Crippen molar-refractivity contribution in [2.45, 2.75) is 44.3 Å². The predicted molar refractivity (Wildman–Crippen MR) is 148 cm³/mol. The van der Waals surface area contributed by atoms with Gasteiger partial charge in [-0.05, 0) is 42.7 Å². The smallest absolute Gasteiger partial charge is 0.267 e. The van der Waals surface area contributed by atoms with E-state index in [0.717, 1.165) is 42.5 Å². The van der Waals surface area contributed by atoms with Crippen molar-refractivity contribution in [2.24, 2.45) is 12.0 Å². The van der Waals surface area contributed by atoms with Gasteiger partial charge in [0.2, 0.25) is 11.6 Å². The lowest BCUT2D eigenvalue weighted by Crippen LogP contribution is -2.59. The summed E-state index contributed by atoms with van der Waals surface area (Å²) in [5.41, 5.74) is 3.62. The number of anilines is 1. The molecular weight excluding hydrogens is 493 g/mol. The molecule has 0 radical (unpaired) electrons. The fourth-order valence-corrected chi connectivity index (χ4v) is 5.54. The highest BCUT2D eigenvalue weighted by Crippen LogP contribution is 2.30. The van der Waals surface area contributed by atoms with Gasteiger partial charge < -0.3 is 10.6 Å². The molecule has 3 N–H and O–H groups in total. The molecule has 1 fully saturated rings. The fraction of sp³-hybridized carbons (Fsp3) is 0.267. The van der Waals surface area contributed by atoms with Gasteiger partial charge in [-0.1, -0.05) is 61.4 Å². The Hall–Kier alpha value is -4.53. The van der Waals surface area contributed by atoms with Crippen molar-refractivity contribution in [1.82, 2.24) is 19.4 Å². The number of benzene rings is 2. The maximum Gasteiger partial charge on any atom is 0.267 e. The number of fused-ring (bicyclic) bond motifs is 3. The van der Waals surface area contributed by atoms with Crippen LogP contribution in [-0.4, -0.2) is 20.2 Å².